The van der Waals surface area contributed by atoms with Crippen molar-refractivity contribution in [1.82, 2.24) is 20.1 Å². The van der Waals surface area contributed by atoms with E-state index < -0.39 is 11.6 Å². The number of nitrogens with zero attached hydrogens (tertiary/aromatic N) is 3. The average molecular weight is 266 g/mol. The van der Waals surface area contributed by atoms with Gasteiger partial charge in [0.25, 0.3) is 0 Å². The van der Waals surface area contributed by atoms with Crippen LogP contribution in [0.4, 0.5) is 8.78 Å². The Morgan fingerprint density at radius 3 is 2.84 bits per heavy atom. The maximum atomic E-state index is 13.8. The zero-order valence-electron chi connectivity index (χ0n) is 10.9. The molecular formula is C13H16F2N4. The van der Waals surface area contributed by atoms with Crippen molar-refractivity contribution >= 4 is 0 Å². The first kappa shape index (κ1) is 13.6. The molecule has 102 valence electrons. The lowest BCUT2D eigenvalue weighted by Gasteiger charge is -2.17. The van der Waals surface area contributed by atoms with Crippen LogP contribution in [0.3, 0.4) is 0 Å². The molecule has 19 heavy (non-hydrogen) atoms. The van der Waals surface area contributed by atoms with Gasteiger partial charge in [-0.15, -0.1) is 0 Å². The third kappa shape index (κ3) is 2.78. The van der Waals surface area contributed by atoms with Gasteiger partial charge in [-0.25, -0.2) is 13.8 Å². The summed E-state index contributed by atoms with van der Waals surface area (Å²) in [4.78, 5) is 4.15. The van der Waals surface area contributed by atoms with Crippen LogP contribution in [-0.2, 0) is 13.0 Å². The summed E-state index contributed by atoms with van der Waals surface area (Å²) in [6.07, 6.45) is 1.91. The molecule has 0 amide bonds. The second kappa shape index (κ2) is 5.88. The largest absolute Gasteiger partial charge is 0.313 e. The Bertz CT molecular complexity index is 553. The van der Waals surface area contributed by atoms with Crippen LogP contribution in [-0.4, -0.2) is 21.8 Å². The Morgan fingerprint density at radius 2 is 2.16 bits per heavy atom. The van der Waals surface area contributed by atoms with Gasteiger partial charge in [0.15, 0.2) is 11.6 Å². The van der Waals surface area contributed by atoms with Crippen LogP contribution in [0.1, 0.15) is 24.4 Å². The number of hydrogen-bond donors (Lipinski definition) is 1. The fourth-order valence-electron chi connectivity index (χ4n) is 2.05. The van der Waals surface area contributed by atoms with E-state index in [1.54, 1.807) is 17.8 Å². The topological polar surface area (TPSA) is 42.7 Å². The van der Waals surface area contributed by atoms with Crippen molar-refractivity contribution in [3.63, 3.8) is 0 Å². The first-order chi connectivity index (χ1) is 9.17. The van der Waals surface area contributed by atoms with Crippen molar-refractivity contribution < 1.29 is 8.78 Å². The van der Waals surface area contributed by atoms with E-state index in [4.69, 9.17) is 0 Å². The predicted molar refractivity (Wildman–Crippen MR) is 67.6 cm³/mol. The standard InChI is InChI=1S/C13H16F2N4/c1-3-19-12(17-8-18-19)7-11(16-2)9-5-4-6-10(14)13(9)15/h4-6,8,11,16H,3,7H2,1-2H3. The molecule has 1 unspecified atom stereocenters. The van der Waals surface area contributed by atoms with Gasteiger partial charge in [0.1, 0.15) is 12.2 Å². The fraction of sp³-hybridized carbons (Fsp3) is 0.385. The van der Waals surface area contributed by atoms with E-state index in [1.807, 2.05) is 6.92 Å². The molecule has 6 heteroatoms. The lowest BCUT2D eigenvalue weighted by molar-refractivity contribution is 0.464. The van der Waals surface area contributed by atoms with E-state index in [9.17, 15) is 8.78 Å². The fourth-order valence-corrected chi connectivity index (χ4v) is 2.05. The van der Waals surface area contributed by atoms with Gasteiger partial charge in [-0.2, -0.15) is 5.10 Å². The van der Waals surface area contributed by atoms with Crippen LogP contribution in [0, 0.1) is 11.6 Å². The first-order valence-corrected chi connectivity index (χ1v) is 6.15. The molecule has 0 fully saturated rings. The Balaban J connectivity index is 2.28. The van der Waals surface area contributed by atoms with E-state index in [2.05, 4.69) is 15.4 Å². The minimum atomic E-state index is -0.838. The molecule has 0 spiro atoms. The highest BCUT2D eigenvalue weighted by Gasteiger charge is 2.19. The summed E-state index contributed by atoms with van der Waals surface area (Å²) in [5.74, 6) is -0.912. The highest BCUT2D eigenvalue weighted by Crippen LogP contribution is 2.21. The third-order valence-corrected chi connectivity index (χ3v) is 3.09. The summed E-state index contributed by atoms with van der Waals surface area (Å²) < 4.78 is 28.8. The minimum absolute atomic E-state index is 0.299. The smallest absolute Gasteiger partial charge is 0.163 e. The number of nitrogens with one attached hydrogen (secondary N) is 1. The molecule has 0 saturated carbocycles. The summed E-state index contributed by atoms with van der Waals surface area (Å²) in [6.45, 7) is 2.65. The number of aryl methyl sites for hydroxylation is 1. The SMILES string of the molecule is CCn1ncnc1CC(NC)c1cccc(F)c1F. The van der Waals surface area contributed by atoms with Gasteiger partial charge in [-0.3, -0.25) is 4.68 Å². The molecule has 4 nitrogen and oxygen atoms in total. The average Bonchev–Trinajstić information content (AvgIpc) is 2.87. The molecule has 2 aromatic rings. The highest BCUT2D eigenvalue weighted by molar-refractivity contribution is 5.23. The lowest BCUT2D eigenvalue weighted by Crippen LogP contribution is -2.22. The Labute approximate surface area is 110 Å². The molecule has 1 atom stereocenters. The minimum Gasteiger partial charge on any atom is -0.313 e. The number of aromatic nitrogens is 3. The Morgan fingerprint density at radius 1 is 1.37 bits per heavy atom. The summed E-state index contributed by atoms with van der Waals surface area (Å²) in [6, 6.07) is 3.85. The van der Waals surface area contributed by atoms with E-state index in [0.29, 0.717) is 18.5 Å². The Hall–Kier alpha value is -1.82. The van der Waals surface area contributed by atoms with Crippen LogP contribution in [0.15, 0.2) is 24.5 Å². The van der Waals surface area contributed by atoms with Crippen LogP contribution in [0.25, 0.3) is 0 Å². The highest BCUT2D eigenvalue weighted by atomic mass is 19.2. The van der Waals surface area contributed by atoms with Crippen molar-refractivity contribution in [2.24, 2.45) is 0 Å². The van der Waals surface area contributed by atoms with E-state index in [-0.39, 0.29) is 6.04 Å². The number of halogens is 2. The van der Waals surface area contributed by atoms with Crippen molar-refractivity contribution in [3.8, 4) is 0 Å². The van der Waals surface area contributed by atoms with E-state index in [0.717, 1.165) is 11.9 Å². The van der Waals surface area contributed by atoms with E-state index in [1.165, 1.54) is 12.4 Å². The van der Waals surface area contributed by atoms with Gasteiger partial charge in [0.2, 0.25) is 0 Å². The molecule has 0 saturated heterocycles. The maximum Gasteiger partial charge on any atom is 0.163 e. The number of hydrogen-bond acceptors (Lipinski definition) is 3. The zero-order chi connectivity index (χ0) is 13.8. The quantitative estimate of drug-likeness (QED) is 0.901. The molecule has 0 aliphatic carbocycles. The van der Waals surface area contributed by atoms with Crippen LogP contribution in [0.2, 0.25) is 0 Å². The Kier molecular flexibility index (Phi) is 4.21. The summed E-state index contributed by atoms with van der Waals surface area (Å²) >= 11 is 0. The molecule has 0 bridgehead atoms. The molecule has 2 rings (SSSR count). The van der Waals surface area contributed by atoms with Crippen molar-refractivity contribution in [1.29, 1.82) is 0 Å². The van der Waals surface area contributed by atoms with Crippen molar-refractivity contribution in [3.05, 3.63) is 47.5 Å². The van der Waals surface area contributed by atoms with Crippen molar-refractivity contribution in [2.45, 2.75) is 25.9 Å². The van der Waals surface area contributed by atoms with Gasteiger partial charge in [-0.05, 0) is 20.0 Å². The second-order valence-corrected chi connectivity index (χ2v) is 4.18. The van der Waals surface area contributed by atoms with E-state index >= 15 is 0 Å². The monoisotopic (exact) mass is 266 g/mol. The number of rotatable bonds is 5. The summed E-state index contributed by atoms with van der Waals surface area (Å²) in [5, 5.41) is 7.05. The lowest BCUT2D eigenvalue weighted by atomic mass is 10.0. The second-order valence-electron chi connectivity index (χ2n) is 4.18. The van der Waals surface area contributed by atoms with Gasteiger partial charge < -0.3 is 5.32 Å². The molecular weight excluding hydrogens is 250 g/mol. The summed E-state index contributed by atoms with van der Waals surface area (Å²) in [5.41, 5.74) is 0.299. The molecule has 1 aromatic heterocycles. The number of likely N-dealkylation sites (N-methyl/N-ethyl adjacent to an activating group) is 1. The maximum absolute atomic E-state index is 13.8. The van der Waals surface area contributed by atoms with Gasteiger partial charge in [0, 0.05) is 24.6 Å². The van der Waals surface area contributed by atoms with Crippen LogP contribution >= 0.6 is 0 Å². The van der Waals surface area contributed by atoms with Crippen LogP contribution < -0.4 is 5.32 Å². The summed E-state index contributed by atoms with van der Waals surface area (Å²) in [7, 11) is 1.71. The normalized spacial score (nSPS) is 12.6. The third-order valence-electron chi connectivity index (χ3n) is 3.09. The van der Waals surface area contributed by atoms with Crippen LogP contribution in [0.5, 0.6) is 0 Å². The number of benzene rings is 1. The van der Waals surface area contributed by atoms with Gasteiger partial charge in [-0.1, -0.05) is 12.1 Å². The molecule has 1 aromatic carbocycles. The van der Waals surface area contributed by atoms with Gasteiger partial charge in [0.05, 0.1) is 0 Å². The molecule has 1 heterocycles. The predicted octanol–water partition coefficient (Wildman–Crippen LogP) is 2.08. The molecule has 0 radical (unpaired) electrons. The molecule has 0 aliphatic heterocycles. The van der Waals surface area contributed by atoms with Gasteiger partial charge >= 0.3 is 0 Å². The molecule has 1 N–H and O–H groups in total. The van der Waals surface area contributed by atoms with Crippen molar-refractivity contribution in [2.75, 3.05) is 7.05 Å². The first-order valence-electron chi connectivity index (χ1n) is 6.15. The molecule has 0 aliphatic rings. The zero-order valence-corrected chi connectivity index (χ0v) is 10.9.